The Kier molecular flexibility index (Phi) is 7.88. The van der Waals surface area contributed by atoms with E-state index in [2.05, 4.69) is 41.7 Å². The minimum Gasteiger partial charge on any atom is -0.364 e. The minimum absolute atomic E-state index is 0.0881. The number of amides is 1. The highest BCUT2D eigenvalue weighted by atomic mass is 19.1. The third-order valence-corrected chi connectivity index (χ3v) is 7.76. The summed E-state index contributed by atoms with van der Waals surface area (Å²) in [5.41, 5.74) is 3.24. The van der Waals surface area contributed by atoms with Gasteiger partial charge in [-0.25, -0.2) is 4.39 Å². The van der Waals surface area contributed by atoms with Gasteiger partial charge in [0.05, 0.1) is 23.5 Å². The summed E-state index contributed by atoms with van der Waals surface area (Å²) in [5.74, 6) is -0.652. The molecule has 1 unspecified atom stereocenters. The van der Waals surface area contributed by atoms with Gasteiger partial charge in [0.15, 0.2) is 0 Å². The molecule has 1 aliphatic rings. The molecule has 9 nitrogen and oxygen atoms in total. The maximum Gasteiger partial charge on any atom is 0.253 e. The number of fused-ring (bicyclic) bond motifs is 1. The molecule has 4 rings (SSSR count). The van der Waals surface area contributed by atoms with Crippen LogP contribution in [0.1, 0.15) is 55.6 Å². The van der Waals surface area contributed by atoms with Crippen molar-refractivity contribution in [3.8, 4) is 6.07 Å². The lowest BCUT2D eigenvalue weighted by Gasteiger charge is -2.49. The van der Waals surface area contributed by atoms with Gasteiger partial charge < -0.3 is 14.4 Å². The minimum atomic E-state index is -0.431. The zero-order chi connectivity index (χ0) is 27.7. The van der Waals surface area contributed by atoms with Crippen LogP contribution in [0, 0.1) is 17.1 Å². The lowest BCUT2D eigenvalue weighted by atomic mass is 9.93. The van der Waals surface area contributed by atoms with Crippen molar-refractivity contribution < 1.29 is 9.18 Å². The first-order valence-corrected chi connectivity index (χ1v) is 13.1. The molecular formula is C28H36FN7O2. The van der Waals surface area contributed by atoms with E-state index in [9.17, 15) is 14.0 Å². The number of nitriles is 1. The van der Waals surface area contributed by atoms with Gasteiger partial charge in [0.1, 0.15) is 17.9 Å². The summed E-state index contributed by atoms with van der Waals surface area (Å²) in [7, 11) is 5.06. The van der Waals surface area contributed by atoms with E-state index in [0.717, 1.165) is 24.1 Å². The number of halogens is 1. The standard InChI is InChI=1S/C28H36FN7O2/c1-7-20-16-36(24-14-26(37)33(6)25-17-34(12-11-30)31-27(24)25)21(8-2)15-35(20)18(3)22-10-9-19(29)13-23(22)28(38)32(4)5/h9-10,13-14,17-18,20-21H,7-8,12,15-16H2,1-6H3/t18?,20-,21+/m1/s1. The van der Waals surface area contributed by atoms with Gasteiger partial charge in [-0.2, -0.15) is 10.4 Å². The molecule has 10 heteroatoms. The van der Waals surface area contributed by atoms with Crippen LogP contribution in [0.25, 0.3) is 11.0 Å². The molecule has 1 aromatic carbocycles. The van der Waals surface area contributed by atoms with E-state index in [0.29, 0.717) is 29.7 Å². The number of nitrogens with zero attached hydrogens (tertiary/aromatic N) is 7. The van der Waals surface area contributed by atoms with E-state index in [4.69, 9.17) is 5.26 Å². The number of aryl methyl sites for hydroxylation is 1. The molecule has 2 aromatic heterocycles. The zero-order valence-corrected chi connectivity index (χ0v) is 23.0. The highest BCUT2D eigenvalue weighted by Gasteiger charge is 2.37. The smallest absolute Gasteiger partial charge is 0.253 e. The molecule has 3 aromatic rings. The number of carbonyl (C=O) groups is 1. The molecule has 202 valence electrons. The van der Waals surface area contributed by atoms with Gasteiger partial charge in [0, 0.05) is 64.0 Å². The zero-order valence-electron chi connectivity index (χ0n) is 23.0. The Morgan fingerprint density at radius 1 is 1.21 bits per heavy atom. The highest BCUT2D eigenvalue weighted by Crippen LogP contribution is 2.35. The number of carbonyl (C=O) groups excluding carboxylic acids is 1. The van der Waals surface area contributed by atoms with E-state index in [1.807, 2.05) is 0 Å². The fourth-order valence-electron chi connectivity index (χ4n) is 5.56. The fraction of sp³-hybridized carbons (Fsp3) is 0.500. The number of hydrogen-bond acceptors (Lipinski definition) is 6. The fourth-order valence-corrected chi connectivity index (χ4v) is 5.56. The van der Waals surface area contributed by atoms with Gasteiger partial charge in [-0.05, 0) is 37.5 Å². The predicted octanol–water partition coefficient (Wildman–Crippen LogP) is 3.54. The molecule has 0 aliphatic carbocycles. The number of aromatic nitrogens is 3. The van der Waals surface area contributed by atoms with Gasteiger partial charge >= 0.3 is 0 Å². The first-order valence-electron chi connectivity index (χ1n) is 13.1. The first kappa shape index (κ1) is 27.3. The Morgan fingerprint density at radius 3 is 2.55 bits per heavy atom. The van der Waals surface area contributed by atoms with E-state index in [1.54, 1.807) is 48.7 Å². The number of pyridine rings is 1. The highest BCUT2D eigenvalue weighted by molar-refractivity contribution is 5.95. The van der Waals surface area contributed by atoms with Crippen LogP contribution >= 0.6 is 0 Å². The van der Waals surface area contributed by atoms with Gasteiger partial charge in [0.25, 0.3) is 11.5 Å². The first-order chi connectivity index (χ1) is 18.1. The van der Waals surface area contributed by atoms with Crippen LogP contribution in [0.4, 0.5) is 10.1 Å². The second kappa shape index (κ2) is 11.0. The number of piperazine rings is 1. The Hall–Kier alpha value is -3.71. The van der Waals surface area contributed by atoms with Crippen molar-refractivity contribution in [1.82, 2.24) is 24.1 Å². The summed E-state index contributed by atoms with van der Waals surface area (Å²) in [4.78, 5) is 32.0. The predicted molar refractivity (Wildman–Crippen MR) is 146 cm³/mol. The van der Waals surface area contributed by atoms with Crippen molar-refractivity contribution in [1.29, 1.82) is 5.26 Å². The van der Waals surface area contributed by atoms with E-state index in [1.165, 1.54) is 17.0 Å². The average Bonchev–Trinajstić information content (AvgIpc) is 3.33. The van der Waals surface area contributed by atoms with Crippen LogP contribution in [0.15, 0.2) is 35.3 Å². The molecule has 1 amide bonds. The lowest BCUT2D eigenvalue weighted by Crippen LogP contribution is -2.59. The maximum absolute atomic E-state index is 14.2. The van der Waals surface area contributed by atoms with Crippen molar-refractivity contribution >= 4 is 22.6 Å². The van der Waals surface area contributed by atoms with Crippen LogP contribution in [0.5, 0.6) is 0 Å². The maximum atomic E-state index is 14.2. The summed E-state index contributed by atoms with van der Waals surface area (Å²) in [6, 6.07) is 8.33. The van der Waals surface area contributed by atoms with E-state index >= 15 is 0 Å². The topological polar surface area (TPSA) is 90.4 Å². The third kappa shape index (κ3) is 4.90. The van der Waals surface area contributed by atoms with Gasteiger partial charge in [-0.3, -0.25) is 19.2 Å². The van der Waals surface area contributed by atoms with Crippen molar-refractivity contribution in [2.45, 2.75) is 58.3 Å². The van der Waals surface area contributed by atoms with Crippen LogP contribution in [-0.4, -0.2) is 69.3 Å². The van der Waals surface area contributed by atoms with Crippen molar-refractivity contribution in [2.75, 3.05) is 32.1 Å². The molecule has 0 spiro atoms. The third-order valence-electron chi connectivity index (χ3n) is 7.76. The van der Waals surface area contributed by atoms with Crippen molar-refractivity contribution in [3.05, 3.63) is 57.8 Å². The van der Waals surface area contributed by atoms with Crippen LogP contribution < -0.4 is 10.5 Å². The lowest BCUT2D eigenvalue weighted by molar-refractivity contribution is 0.0809. The molecule has 0 N–H and O–H groups in total. The van der Waals surface area contributed by atoms with Crippen LogP contribution in [0.3, 0.4) is 0 Å². The van der Waals surface area contributed by atoms with Crippen LogP contribution in [0.2, 0.25) is 0 Å². The Bertz CT molecular complexity index is 1440. The molecule has 3 atom stereocenters. The largest absolute Gasteiger partial charge is 0.364 e. The van der Waals surface area contributed by atoms with E-state index in [-0.39, 0.29) is 36.1 Å². The van der Waals surface area contributed by atoms with E-state index < -0.39 is 5.82 Å². The van der Waals surface area contributed by atoms with Gasteiger partial charge in [-0.15, -0.1) is 0 Å². The number of hydrogen-bond donors (Lipinski definition) is 0. The second-order valence-electron chi connectivity index (χ2n) is 10.2. The summed E-state index contributed by atoms with van der Waals surface area (Å²) in [6.07, 6.45) is 3.44. The molecule has 1 saturated heterocycles. The Labute approximate surface area is 222 Å². The van der Waals surface area contributed by atoms with Gasteiger partial charge in [0.2, 0.25) is 0 Å². The molecule has 0 bridgehead atoms. The summed E-state index contributed by atoms with van der Waals surface area (Å²) in [6.45, 7) is 7.81. The second-order valence-corrected chi connectivity index (χ2v) is 10.2. The molecule has 1 aliphatic heterocycles. The average molecular weight is 522 g/mol. The normalized spacial score (nSPS) is 18.9. The molecular weight excluding hydrogens is 485 g/mol. The molecule has 0 radical (unpaired) electrons. The summed E-state index contributed by atoms with van der Waals surface area (Å²) >= 11 is 0. The SMILES string of the molecule is CC[C@H]1CN(C(C)c2ccc(F)cc2C(=O)N(C)C)[C@H](CC)CN1c1cc(=O)n(C)c2cn(CC#N)nc12. The molecule has 38 heavy (non-hydrogen) atoms. The number of rotatable bonds is 7. The van der Waals surface area contributed by atoms with Crippen molar-refractivity contribution in [3.63, 3.8) is 0 Å². The van der Waals surface area contributed by atoms with Crippen molar-refractivity contribution in [2.24, 2.45) is 7.05 Å². The Morgan fingerprint density at radius 2 is 1.92 bits per heavy atom. The summed E-state index contributed by atoms with van der Waals surface area (Å²) in [5, 5.41) is 13.8. The summed E-state index contributed by atoms with van der Waals surface area (Å²) < 4.78 is 17.3. The Balaban J connectivity index is 1.74. The molecule has 1 fully saturated rings. The van der Waals surface area contributed by atoms with Crippen LogP contribution in [-0.2, 0) is 13.6 Å². The quantitative estimate of drug-likeness (QED) is 0.473. The molecule has 3 heterocycles. The number of anilines is 1. The van der Waals surface area contributed by atoms with Gasteiger partial charge in [-0.1, -0.05) is 19.9 Å². The number of benzene rings is 1. The molecule has 0 saturated carbocycles. The monoisotopic (exact) mass is 521 g/mol.